The topological polar surface area (TPSA) is 69.4 Å². The van der Waals surface area contributed by atoms with Gasteiger partial charge in [-0.2, -0.15) is 0 Å². The number of rotatable bonds is 5. The van der Waals surface area contributed by atoms with E-state index in [0.29, 0.717) is 16.9 Å². The predicted octanol–water partition coefficient (Wildman–Crippen LogP) is 4.12. The maximum absolute atomic E-state index is 12.4. The van der Waals surface area contributed by atoms with Gasteiger partial charge in [0.2, 0.25) is 0 Å². The number of nitro benzene ring substituents is 1. The molecule has 0 fully saturated rings. The van der Waals surface area contributed by atoms with Crippen molar-refractivity contribution in [1.82, 2.24) is 0 Å². The molecule has 0 aliphatic carbocycles. The van der Waals surface area contributed by atoms with Gasteiger partial charge in [0, 0.05) is 12.1 Å². The Bertz CT molecular complexity index is 794. The van der Waals surface area contributed by atoms with E-state index in [1.54, 1.807) is 24.3 Å². The van der Waals surface area contributed by atoms with Gasteiger partial charge in [-0.25, -0.2) is 0 Å². The standard InChI is InChI=1S/C18H17NO4/c1-12-9-13(2)18(17(10-12)23-3)16(20)8-7-14-5-4-6-15(11-14)19(21)22/h4-11H,1-3H3/b8-7+. The molecule has 0 bridgehead atoms. The molecule has 0 atom stereocenters. The zero-order valence-electron chi connectivity index (χ0n) is 13.2. The van der Waals surface area contributed by atoms with Crippen molar-refractivity contribution in [3.8, 4) is 5.75 Å². The first kappa shape index (κ1) is 16.4. The summed E-state index contributed by atoms with van der Waals surface area (Å²) in [7, 11) is 1.52. The van der Waals surface area contributed by atoms with Crippen LogP contribution in [0.25, 0.3) is 6.08 Å². The molecular formula is C18H17NO4. The number of ketones is 1. The number of aryl methyl sites for hydroxylation is 2. The van der Waals surface area contributed by atoms with Crippen LogP contribution in [0, 0.1) is 24.0 Å². The minimum Gasteiger partial charge on any atom is -0.496 e. The van der Waals surface area contributed by atoms with Gasteiger partial charge < -0.3 is 4.74 Å². The first-order chi connectivity index (χ1) is 10.9. The van der Waals surface area contributed by atoms with Gasteiger partial charge in [-0.3, -0.25) is 14.9 Å². The van der Waals surface area contributed by atoms with Crippen molar-refractivity contribution in [3.05, 3.63) is 74.8 Å². The number of ether oxygens (including phenoxy) is 1. The van der Waals surface area contributed by atoms with E-state index in [2.05, 4.69) is 0 Å². The van der Waals surface area contributed by atoms with Gasteiger partial charge in [0.1, 0.15) is 5.75 Å². The average molecular weight is 311 g/mol. The van der Waals surface area contributed by atoms with E-state index < -0.39 is 4.92 Å². The molecule has 5 heteroatoms. The van der Waals surface area contributed by atoms with Gasteiger partial charge in [-0.1, -0.05) is 24.3 Å². The molecule has 0 aliphatic heterocycles. The number of nitrogens with zero attached hydrogens (tertiary/aromatic N) is 1. The summed E-state index contributed by atoms with van der Waals surface area (Å²) in [6, 6.07) is 9.84. The summed E-state index contributed by atoms with van der Waals surface area (Å²) in [5.41, 5.74) is 2.92. The highest BCUT2D eigenvalue weighted by Gasteiger charge is 2.13. The number of hydrogen-bond acceptors (Lipinski definition) is 4. The van der Waals surface area contributed by atoms with Crippen molar-refractivity contribution < 1.29 is 14.5 Å². The van der Waals surface area contributed by atoms with Gasteiger partial charge in [-0.05, 0) is 42.7 Å². The van der Waals surface area contributed by atoms with E-state index in [-0.39, 0.29) is 11.5 Å². The summed E-state index contributed by atoms with van der Waals surface area (Å²) in [5, 5.41) is 10.8. The molecule has 2 rings (SSSR count). The molecule has 5 nitrogen and oxygen atoms in total. The molecule has 0 heterocycles. The van der Waals surface area contributed by atoms with Crippen LogP contribution in [0.5, 0.6) is 5.75 Å². The van der Waals surface area contributed by atoms with Gasteiger partial charge in [-0.15, -0.1) is 0 Å². The molecule has 0 unspecified atom stereocenters. The molecule has 0 saturated carbocycles. The van der Waals surface area contributed by atoms with E-state index >= 15 is 0 Å². The predicted molar refractivity (Wildman–Crippen MR) is 88.9 cm³/mol. The number of nitro groups is 1. The van der Waals surface area contributed by atoms with E-state index in [4.69, 9.17) is 4.74 Å². The van der Waals surface area contributed by atoms with E-state index in [0.717, 1.165) is 11.1 Å². The van der Waals surface area contributed by atoms with Crippen molar-refractivity contribution in [2.75, 3.05) is 7.11 Å². The minimum atomic E-state index is -0.466. The van der Waals surface area contributed by atoms with E-state index in [1.165, 1.54) is 25.3 Å². The summed E-state index contributed by atoms with van der Waals surface area (Å²) in [6.07, 6.45) is 2.97. The van der Waals surface area contributed by atoms with Crippen LogP contribution in [-0.2, 0) is 0 Å². The quantitative estimate of drug-likeness (QED) is 0.360. The lowest BCUT2D eigenvalue weighted by molar-refractivity contribution is -0.384. The average Bonchev–Trinajstić information content (AvgIpc) is 2.52. The molecule has 2 aromatic rings. The Labute approximate surface area is 134 Å². The Hall–Kier alpha value is -2.95. The zero-order chi connectivity index (χ0) is 17.0. The fourth-order valence-corrected chi connectivity index (χ4v) is 2.40. The second-order valence-corrected chi connectivity index (χ2v) is 5.21. The van der Waals surface area contributed by atoms with E-state index in [9.17, 15) is 14.9 Å². The van der Waals surface area contributed by atoms with Crippen LogP contribution in [0.3, 0.4) is 0 Å². The number of non-ortho nitro benzene ring substituents is 1. The molecule has 0 spiro atoms. The SMILES string of the molecule is COc1cc(C)cc(C)c1C(=O)/C=C/c1cccc([N+](=O)[O-])c1. The third-order valence-corrected chi connectivity index (χ3v) is 3.42. The van der Waals surface area contributed by atoms with Crippen molar-refractivity contribution in [3.63, 3.8) is 0 Å². The molecule has 0 radical (unpaired) electrons. The maximum atomic E-state index is 12.4. The lowest BCUT2D eigenvalue weighted by Crippen LogP contribution is -2.02. The van der Waals surface area contributed by atoms with Crippen LogP contribution in [0.2, 0.25) is 0 Å². The van der Waals surface area contributed by atoms with Crippen LogP contribution in [-0.4, -0.2) is 17.8 Å². The van der Waals surface area contributed by atoms with Crippen molar-refractivity contribution in [2.24, 2.45) is 0 Å². The Morgan fingerprint density at radius 3 is 2.61 bits per heavy atom. The van der Waals surface area contributed by atoms with Crippen molar-refractivity contribution in [2.45, 2.75) is 13.8 Å². The minimum absolute atomic E-state index is 0.0105. The smallest absolute Gasteiger partial charge is 0.270 e. The Kier molecular flexibility index (Phi) is 4.91. The van der Waals surface area contributed by atoms with Crippen LogP contribution >= 0.6 is 0 Å². The number of hydrogen-bond donors (Lipinski definition) is 0. The Morgan fingerprint density at radius 1 is 1.22 bits per heavy atom. The van der Waals surface area contributed by atoms with Crippen LogP contribution in [0.1, 0.15) is 27.0 Å². The highest BCUT2D eigenvalue weighted by atomic mass is 16.6. The van der Waals surface area contributed by atoms with Gasteiger partial charge >= 0.3 is 0 Å². The number of carbonyl (C=O) groups is 1. The largest absolute Gasteiger partial charge is 0.496 e. The van der Waals surface area contributed by atoms with E-state index in [1.807, 2.05) is 19.9 Å². The summed E-state index contributed by atoms with van der Waals surface area (Å²) < 4.78 is 5.29. The molecule has 2 aromatic carbocycles. The van der Waals surface area contributed by atoms with Crippen molar-refractivity contribution in [1.29, 1.82) is 0 Å². The molecule has 0 amide bonds. The Morgan fingerprint density at radius 2 is 1.96 bits per heavy atom. The highest BCUT2D eigenvalue weighted by molar-refractivity contribution is 6.09. The van der Waals surface area contributed by atoms with Gasteiger partial charge in [0.25, 0.3) is 5.69 Å². The van der Waals surface area contributed by atoms with Crippen molar-refractivity contribution >= 4 is 17.5 Å². The van der Waals surface area contributed by atoms with Crippen LogP contribution < -0.4 is 4.74 Å². The molecule has 23 heavy (non-hydrogen) atoms. The highest BCUT2D eigenvalue weighted by Crippen LogP contribution is 2.25. The summed E-state index contributed by atoms with van der Waals surface area (Å²) in [5.74, 6) is 0.321. The third-order valence-electron chi connectivity index (χ3n) is 3.42. The van der Waals surface area contributed by atoms with Crippen LogP contribution in [0.15, 0.2) is 42.5 Å². The summed E-state index contributed by atoms with van der Waals surface area (Å²) in [4.78, 5) is 22.8. The molecule has 0 aliphatic rings. The molecule has 0 N–H and O–H groups in total. The number of carbonyl (C=O) groups excluding carboxylic acids is 1. The number of methoxy groups -OCH3 is 1. The lowest BCUT2D eigenvalue weighted by Gasteiger charge is -2.10. The van der Waals surface area contributed by atoms with Crippen LogP contribution in [0.4, 0.5) is 5.69 Å². The lowest BCUT2D eigenvalue weighted by atomic mass is 10.00. The molecule has 0 aromatic heterocycles. The second-order valence-electron chi connectivity index (χ2n) is 5.21. The first-order valence-corrected chi connectivity index (χ1v) is 7.04. The third kappa shape index (κ3) is 3.83. The molecule has 0 saturated heterocycles. The normalized spacial score (nSPS) is 10.7. The fraction of sp³-hybridized carbons (Fsp3) is 0.167. The Balaban J connectivity index is 2.32. The van der Waals surface area contributed by atoms with Gasteiger partial charge in [0.15, 0.2) is 5.78 Å². The summed E-state index contributed by atoms with van der Waals surface area (Å²) in [6.45, 7) is 3.78. The first-order valence-electron chi connectivity index (χ1n) is 7.04. The fourth-order valence-electron chi connectivity index (χ4n) is 2.40. The zero-order valence-corrected chi connectivity index (χ0v) is 13.2. The molecule has 118 valence electrons. The number of benzene rings is 2. The monoisotopic (exact) mass is 311 g/mol. The van der Waals surface area contributed by atoms with Gasteiger partial charge in [0.05, 0.1) is 17.6 Å². The molecular weight excluding hydrogens is 294 g/mol. The number of allylic oxidation sites excluding steroid dienone is 1. The second kappa shape index (κ2) is 6.87. The summed E-state index contributed by atoms with van der Waals surface area (Å²) >= 11 is 0. The maximum Gasteiger partial charge on any atom is 0.270 e.